The van der Waals surface area contributed by atoms with Gasteiger partial charge in [0.05, 0.1) is 11.1 Å². The molecule has 20 heavy (non-hydrogen) atoms. The third-order valence-corrected chi connectivity index (χ3v) is 4.57. The fourth-order valence-corrected chi connectivity index (χ4v) is 3.43. The molecule has 1 N–H and O–H groups in total. The van der Waals surface area contributed by atoms with Crippen molar-refractivity contribution < 1.29 is 5.11 Å². The number of hydrogen-bond acceptors (Lipinski definition) is 2. The summed E-state index contributed by atoms with van der Waals surface area (Å²) in [5, 5.41) is 11.8. The molecule has 3 rings (SSSR count). The summed E-state index contributed by atoms with van der Waals surface area (Å²) in [5.41, 5.74) is 6.35. The van der Waals surface area contributed by atoms with E-state index in [-0.39, 0.29) is 0 Å². The third-order valence-electron chi connectivity index (χ3n) is 4.57. The maximum atomic E-state index is 10.7. The number of aliphatic hydroxyl groups is 1. The molecule has 1 aromatic heterocycles. The lowest BCUT2D eigenvalue weighted by Gasteiger charge is -2.28. The molecule has 0 saturated heterocycles. The van der Waals surface area contributed by atoms with Crippen LogP contribution in [-0.2, 0) is 18.4 Å². The SMILES string of the molecule is Cc1ccc2c(C(C)(C)O)c3c(nc2c1C)CCCC3. The summed E-state index contributed by atoms with van der Waals surface area (Å²) in [5.74, 6) is 0. The zero-order valence-corrected chi connectivity index (χ0v) is 12.9. The minimum atomic E-state index is -0.815. The monoisotopic (exact) mass is 269 g/mol. The maximum absolute atomic E-state index is 10.7. The molecule has 1 aliphatic rings. The summed E-state index contributed by atoms with van der Waals surface area (Å²) in [4.78, 5) is 4.94. The Morgan fingerprint density at radius 2 is 1.80 bits per heavy atom. The molecule has 1 aromatic carbocycles. The molecule has 1 heterocycles. The minimum absolute atomic E-state index is 0.815. The van der Waals surface area contributed by atoms with E-state index in [1.165, 1.54) is 35.2 Å². The van der Waals surface area contributed by atoms with Gasteiger partial charge in [0.25, 0.3) is 0 Å². The summed E-state index contributed by atoms with van der Waals surface area (Å²) in [6.07, 6.45) is 4.50. The summed E-state index contributed by atoms with van der Waals surface area (Å²) < 4.78 is 0. The fourth-order valence-electron chi connectivity index (χ4n) is 3.43. The highest BCUT2D eigenvalue weighted by molar-refractivity contribution is 5.88. The standard InChI is InChI=1S/C18H23NO/c1-11-9-10-14-16(18(3,4)20)13-7-5-6-8-15(13)19-17(14)12(11)2/h9-10,20H,5-8H2,1-4H3. The van der Waals surface area contributed by atoms with Gasteiger partial charge in [0.1, 0.15) is 0 Å². The van der Waals surface area contributed by atoms with Crippen molar-refractivity contribution in [3.05, 3.63) is 40.1 Å². The van der Waals surface area contributed by atoms with Gasteiger partial charge in [-0.3, -0.25) is 4.98 Å². The number of aromatic nitrogens is 1. The van der Waals surface area contributed by atoms with Crippen molar-refractivity contribution in [2.24, 2.45) is 0 Å². The van der Waals surface area contributed by atoms with Gasteiger partial charge in [-0.15, -0.1) is 0 Å². The topological polar surface area (TPSA) is 33.1 Å². The van der Waals surface area contributed by atoms with Crippen LogP contribution in [0.1, 0.15) is 54.6 Å². The van der Waals surface area contributed by atoms with E-state index in [4.69, 9.17) is 4.98 Å². The molecule has 106 valence electrons. The van der Waals surface area contributed by atoms with Gasteiger partial charge in [-0.2, -0.15) is 0 Å². The lowest BCUT2D eigenvalue weighted by atomic mass is 9.82. The Labute approximate surface area is 120 Å². The van der Waals surface area contributed by atoms with Crippen LogP contribution in [0.4, 0.5) is 0 Å². The molecule has 0 fully saturated rings. The van der Waals surface area contributed by atoms with E-state index in [9.17, 15) is 5.11 Å². The van der Waals surface area contributed by atoms with Crippen molar-refractivity contribution in [2.45, 2.75) is 59.0 Å². The molecular weight excluding hydrogens is 246 g/mol. The smallest absolute Gasteiger partial charge is 0.0850 e. The zero-order valence-electron chi connectivity index (χ0n) is 12.9. The number of hydrogen-bond donors (Lipinski definition) is 1. The first-order valence-electron chi connectivity index (χ1n) is 7.54. The van der Waals surface area contributed by atoms with E-state index < -0.39 is 5.60 Å². The first kappa shape index (κ1) is 13.6. The van der Waals surface area contributed by atoms with Gasteiger partial charge in [0.15, 0.2) is 0 Å². The summed E-state index contributed by atoms with van der Waals surface area (Å²) in [6, 6.07) is 4.27. The second-order valence-electron chi connectivity index (χ2n) is 6.58. The van der Waals surface area contributed by atoms with Crippen molar-refractivity contribution in [3.63, 3.8) is 0 Å². The lowest BCUT2D eigenvalue weighted by Crippen LogP contribution is -2.22. The number of pyridine rings is 1. The number of fused-ring (bicyclic) bond motifs is 2. The molecule has 0 aliphatic heterocycles. The first-order chi connectivity index (χ1) is 9.39. The van der Waals surface area contributed by atoms with Gasteiger partial charge >= 0.3 is 0 Å². The number of rotatable bonds is 1. The Bertz CT molecular complexity index is 680. The van der Waals surface area contributed by atoms with Crippen LogP contribution in [0.3, 0.4) is 0 Å². The van der Waals surface area contributed by atoms with E-state index in [1.807, 2.05) is 13.8 Å². The van der Waals surface area contributed by atoms with Crippen molar-refractivity contribution in [1.29, 1.82) is 0 Å². The van der Waals surface area contributed by atoms with Crippen LogP contribution in [0, 0.1) is 13.8 Å². The van der Waals surface area contributed by atoms with Crippen LogP contribution in [0.25, 0.3) is 10.9 Å². The predicted octanol–water partition coefficient (Wildman–Crippen LogP) is 3.96. The number of benzene rings is 1. The first-order valence-corrected chi connectivity index (χ1v) is 7.54. The second kappa shape index (κ2) is 4.56. The second-order valence-corrected chi connectivity index (χ2v) is 6.58. The summed E-state index contributed by atoms with van der Waals surface area (Å²) in [7, 11) is 0. The van der Waals surface area contributed by atoms with Crippen LogP contribution >= 0.6 is 0 Å². The third kappa shape index (κ3) is 2.03. The number of aryl methyl sites for hydroxylation is 3. The van der Waals surface area contributed by atoms with Crippen LogP contribution in [-0.4, -0.2) is 10.1 Å². The van der Waals surface area contributed by atoms with Crippen molar-refractivity contribution >= 4 is 10.9 Å². The Morgan fingerprint density at radius 3 is 2.50 bits per heavy atom. The molecule has 0 amide bonds. The van der Waals surface area contributed by atoms with Crippen molar-refractivity contribution in [2.75, 3.05) is 0 Å². The van der Waals surface area contributed by atoms with Gasteiger partial charge in [0.2, 0.25) is 0 Å². The molecule has 1 aliphatic carbocycles. The van der Waals surface area contributed by atoms with E-state index in [1.54, 1.807) is 0 Å². The van der Waals surface area contributed by atoms with Gasteiger partial charge < -0.3 is 5.11 Å². The molecule has 0 radical (unpaired) electrons. The molecular formula is C18H23NO. The highest BCUT2D eigenvalue weighted by Crippen LogP contribution is 2.37. The average molecular weight is 269 g/mol. The number of nitrogens with zero attached hydrogens (tertiary/aromatic N) is 1. The molecule has 2 heteroatoms. The van der Waals surface area contributed by atoms with Crippen LogP contribution < -0.4 is 0 Å². The van der Waals surface area contributed by atoms with Crippen molar-refractivity contribution in [1.82, 2.24) is 4.98 Å². The van der Waals surface area contributed by atoms with E-state index in [0.717, 1.165) is 29.3 Å². The Balaban J connectivity index is 2.45. The lowest BCUT2D eigenvalue weighted by molar-refractivity contribution is 0.0789. The predicted molar refractivity (Wildman–Crippen MR) is 83.1 cm³/mol. The molecule has 0 saturated carbocycles. The summed E-state index contributed by atoms with van der Waals surface area (Å²) in [6.45, 7) is 8.05. The minimum Gasteiger partial charge on any atom is -0.386 e. The van der Waals surface area contributed by atoms with E-state index >= 15 is 0 Å². The largest absolute Gasteiger partial charge is 0.386 e. The maximum Gasteiger partial charge on any atom is 0.0850 e. The van der Waals surface area contributed by atoms with Crippen LogP contribution in [0.2, 0.25) is 0 Å². The van der Waals surface area contributed by atoms with Crippen LogP contribution in [0.5, 0.6) is 0 Å². The van der Waals surface area contributed by atoms with Crippen LogP contribution in [0.15, 0.2) is 12.1 Å². The van der Waals surface area contributed by atoms with Gasteiger partial charge in [-0.25, -0.2) is 0 Å². The molecule has 0 unspecified atom stereocenters. The van der Waals surface area contributed by atoms with Gasteiger partial charge in [0, 0.05) is 11.1 Å². The fraction of sp³-hybridized carbons (Fsp3) is 0.500. The molecule has 0 bridgehead atoms. The van der Waals surface area contributed by atoms with E-state index in [2.05, 4.69) is 26.0 Å². The van der Waals surface area contributed by atoms with E-state index in [0.29, 0.717) is 0 Å². The Hall–Kier alpha value is -1.41. The normalized spacial score (nSPS) is 15.4. The molecule has 2 nitrogen and oxygen atoms in total. The quantitative estimate of drug-likeness (QED) is 0.850. The zero-order chi connectivity index (χ0) is 14.5. The average Bonchev–Trinajstić information content (AvgIpc) is 2.39. The molecule has 0 spiro atoms. The Morgan fingerprint density at radius 1 is 1.10 bits per heavy atom. The summed E-state index contributed by atoms with van der Waals surface area (Å²) >= 11 is 0. The van der Waals surface area contributed by atoms with Crippen molar-refractivity contribution in [3.8, 4) is 0 Å². The molecule has 2 aromatic rings. The Kier molecular flexibility index (Phi) is 3.09. The highest BCUT2D eigenvalue weighted by atomic mass is 16.3. The van der Waals surface area contributed by atoms with Gasteiger partial charge in [-0.1, -0.05) is 12.1 Å². The van der Waals surface area contributed by atoms with Gasteiger partial charge in [-0.05, 0) is 75.6 Å². The molecule has 0 atom stereocenters. The highest BCUT2D eigenvalue weighted by Gasteiger charge is 2.27.